The highest BCUT2D eigenvalue weighted by molar-refractivity contribution is 6.44. The molecule has 6 nitrogen and oxygen atoms in total. The van der Waals surface area contributed by atoms with Crippen LogP contribution in [0.3, 0.4) is 0 Å². The van der Waals surface area contributed by atoms with Crippen LogP contribution in [0.4, 0.5) is 0 Å². The Bertz CT molecular complexity index is 344. The fourth-order valence-corrected chi connectivity index (χ4v) is 1.91. The van der Waals surface area contributed by atoms with Crippen molar-refractivity contribution in [2.45, 2.75) is 52.7 Å². The molecule has 1 heterocycles. The molecule has 1 aliphatic heterocycles. The largest absolute Gasteiger partial charge is 0.792 e. The molecule has 0 spiro atoms. The molecule has 114 valence electrons. The van der Waals surface area contributed by atoms with Gasteiger partial charge >= 0.3 is 19.3 Å². The third kappa shape index (κ3) is 5.13. The van der Waals surface area contributed by atoms with E-state index < -0.39 is 31.5 Å². The Balaban J connectivity index is 2.48. The molecule has 0 bridgehead atoms. The highest BCUT2D eigenvalue weighted by atomic mass is 16.8. The zero-order valence-corrected chi connectivity index (χ0v) is 12.8. The molecule has 20 heavy (non-hydrogen) atoms. The summed E-state index contributed by atoms with van der Waals surface area (Å²) in [4.78, 5) is 23.4. The monoisotopic (exact) mass is 286 g/mol. The number of methoxy groups -OCH3 is 1. The predicted molar refractivity (Wildman–Crippen MR) is 72.5 cm³/mol. The summed E-state index contributed by atoms with van der Waals surface area (Å²) < 4.78 is 20.3. The highest BCUT2D eigenvalue weighted by Crippen LogP contribution is 2.19. The van der Waals surface area contributed by atoms with E-state index in [-0.39, 0.29) is 11.8 Å². The second-order valence-electron chi connectivity index (χ2n) is 5.77. The molecule has 0 saturated carbocycles. The number of hydrogen-bond donors (Lipinski definition) is 0. The quantitative estimate of drug-likeness (QED) is 0.661. The average molecular weight is 286 g/mol. The Hall–Kier alpha value is -1.08. The van der Waals surface area contributed by atoms with Crippen molar-refractivity contribution in [3.05, 3.63) is 0 Å². The fraction of sp³-hybridized carbons (Fsp3) is 0.846. The van der Waals surface area contributed by atoms with Crippen LogP contribution in [0.15, 0.2) is 0 Å². The van der Waals surface area contributed by atoms with Gasteiger partial charge in [-0.3, -0.25) is 9.59 Å². The molecule has 1 rings (SSSR count). The maximum absolute atomic E-state index is 11.9. The maximum atomic E-state index is 11.9. The van der Waals surface area contributed by atoms with Crippen molar-refractivity contribution in [3.8, 4) is 0 Å². The summed E-state index contributed by atoms with van der Waals surface area (Å²) in [5, 5.41) is 0. The lowest BCUT2D eigenvalue weighted by Gasteiger charge is -2.16. The van der Waals surface area contributed by atoms with Crippen molar-refractivity contribution >= 4 is 19.3 Å². The lowest BCUT2D eigenvalue weighted by molar-refractivity contribution is -0.149. The van der Waals surface area contributed by atoms with E-state index >= 15 is 0 Å². The molecular formula is C13H23BO6. The summed E-state index contributed by atoms with van der Waals surface area (Å²) in [6, 6.07) is 0. The number of rotatable bonds is 7. The lowest BCUT2D eigenvalue weighted by Crippen LogP contribution is -2.34. The molecule has 0 aromatic heterocycles. The van der Waals surface area contributed by atoms with Crippen molar-refractivity contribution in [2.75, 3.05) is 7.11 Å². The minimum absolute atomic E-state index is 0.285. The smallest absolute Gasteiger partial charge is 0.472 e. The van der Waals surface area contributed by atoms with Crippen LogP contribution in [0.2, 0.25) is 0 Å². The summed E-state index contributed by atoms with van der Waals surface area (Å²) in [5.41, 5.74) is 0. The second kappa shape index (κ2) is 7.64. The van der Waals surface area contributed by atoms with Crippen molar-refractivity contribution in [3.63, 3.8) is 0 Å². The molecule has 0 aromatic rings. The number of hydrogen-bond acceptors (Lipinski definition) is 6. The minimum atomic E-state index is -1.26. The van der Waals surface area contributed by atoms with Crippen LogP contribution in [0.25, 0.3) is 0 Å². The molecule has 7 heteroatoms. The third-order valence-electron chi connectivity index (χ3n) is 2.88. The molecule has 0 radical (unpaired) electrons. The molecule has 1 aliphatic rings. The Morgan fingerprint density at radius 1 is 1.30 bits per heavy atom. The minimum Gasteiger partial charge on any atom is -0.472 e. The van der Waals surface area contributed by atoms with Gasteiger partial charge in [0.2, 0.25) is 0 Å². The van der Waals surface area contributed by atoms with E-state index in [1.807, 2.05) is 27.7 Å². The van der Waals surface area contributed by atoms with Crippen molar-refractivity contribution in [2.24, 2.45) is 11.8 Å². The molecule has 0 amide bonds. The van der Waals surface area contributed by atoms with Crippen LogP contribution in [-0.2, 0) is 28.3 Å². The molecule has 2 unspecified atom stereocenters. The van der Waals surface area contributed by atoms with Gasteiger partial charge in [0, 0.05) is 7.11 Å². The molecule has 0 N–H and O–H groups in total. The second-order valence-corrected chi connectivity index (χ2v) is 5.77. The summed E-state index contributed by atoms with van der Waals surface area (Å²) in [5.74, 6) is -0.499. The summed E-state index contributed by atoms with van der Waals surface area (Å²) in [7, 11) is 0.181. The van der Waals surface area contributed by atoms with Crippen LogP contribution in [0.1, 0.15) is 40.5 Å². The van der Waals surface area contributed by atoms with Gasteiger partial charge in [0.25, 0.3) is 0 Å². The van der Waals surface area contributed by atoms with Crippen LogP contribution in [-0.4, -0.2) is 38.6 Å². The summed E-state index contributed by atoms with van der Waals surface area (Å²) in [6.07, 6.45) is -0.279. The Kier molecular flexibility index (Phi) is 6.49. The summed E-state index contributed by atoms with van der Waals surface area (Å²) >= 11 is 0. The van der Waals surface area contributed by atoms with E-state index in [2.05, 4.69) is 0 Å². The molecule has 1 saturated heterocycles. The van der Waals surface area contributed by atoms with Gasteiger partial charge in [-0.25, -0.2) is 0 Å². The number of ether oxygens (including phenoxy) is 1. The number of carbonyl (C=O) groups excluding carboxylic acids is 2. The van der Waals surface area contributed by atoms with E-state index in [0.29, 0.717) is 12.8 Å². The number of carbonyl (C=O) groups is 2. The van der Waals surface area contributed by atoms with Crippen molar-refractivity contribution < 1.29 is 28.3 Å². The van der Waals surface area contributed by atoms with Crippen molar-refractivity contribution in [1.82, 2.24) is 0 Å². The van der Waals surface area contributed by atoms with Gasteiger partial charge in [-0.1, -0.05) is 27.7 Å². The molecule has 1 fully saturated rings. The van der Waals surface area contributed by atoms with Gasteiger partial charge in [0.1, 0.15) is 6.10 Å². The van der Waals surface area contributed by atoms with Gasteiger partial charge in [-0.05, 0) is 24.7 Å². The first kappa shape index (κ1) is 17.0. The van der Waals surface area contributed by atoms with Crippen LogP contribution < -0.4 is 0 Å². The SMILES string of the molecule is COC(CC(C)C)C(=O)OB1OC(=O)C(CC(C)C)O1. The molecular weight excluding hydrogens is 263 g/mol. The van der Waals surface area contributed by atoms with E-state index in [4.69, 9.17) is 18.7 Å². The first-order valence-corrected chi connectivity index (χ1v) is 6.92. The fourth-order valence-electron chi connectivity index (χ4n) is 1.91. The predicted octanol–water partition coefficient (Wildman–Crippen LogP) is 1.56. The first-order chi connectivity index (χ1) is 9.33. The van der Waals surface area contributed by atoms with E-state index in [9.17, 15) is 9.59 Å². The highest BCUT2D eigenvalue weighted by Gasteiger charge is 2.46. The Morgan fingerprint density at radius 2 is 1.95 bits per heavy atom. The van der Waals surface area contributed by atoms with Gasteiger partial charge in [-0.15, -0.1) is 0 Å². The van der Waals surface area contributed by atoms with Crippen LogP contribution >= 0.6 is 0 Å². The van der Waals surface area contributed by atoms with Crippen LogP contribution in [0.5, 0.6) is 0 Å². The zero-order chi connectivity index (χ0) is 15.3. The molecule has 0 aromatic carbocycles. The molecule has 2 atom stereocenters. The van der Waals surface area contributed by atoms with Crippen LogP contribution in [0, 0.1) is 11.8 Å². The standard InChI is InChI=1S/C13H23BO6/c1-8(2)6-10(17-5)12(15)19-14-18-11(7-9(3)4)13(16)20-14/h8-11H,6-7H2,1-5H3. The average Bonchev–Trinajstić information content (AvgIpc) is 2.65. The maximum Gasteiger partial charge on any atom is 0.792 e. The van der Waals surface area contributed by atoms with E-state index in [1.54, 1.807) is 0 Å². The van der Waals surface area contributed by atoms with E-state index in [0.717, 1.165) is 0 Å². The first-order valence-electron chi connectivity index (χ1n) is 6.92. The van der Waals surface area contributed by atoms with Gasteiger partial charge < -0.3 is 18.7 Å². The third-order valence-corrected chi connectivity index (χ3v) is 2.88. The zero-order valence-electron chi connectivity index (χ0n) is 12.8. The normalized spacial score (nSPS) is 20.4. The lowest BCUT2D eigenvalue weighted by atomic mass is 10.1. The van der Waals surface area contributed by atoms with Gasteiger partial charge in [0.15, 0.2) is 6.10 Å². The van der Waals surface area contributed by atoms with Gasteiger partial charge in [-0.2, -0.15) is 0 Å². The Morgan fingerprint density at radius 3 is 2.45 bits per heavy atom. The van der Waals surface area contributed by atoms with Gasteiger partial charge in [0.05, 0.1) is 0 Å². The molecule has 0 aliphatic carbocycles. The van der Waals surface area contributed by atoms with Crippen molar-refractivity contribution in [1.29, 1.82) is 0 Å². The summed E-state index contributed by atoms with van der Waals surface area (Å²) in [6.45, 7) is 7.90. The Labute approximate surface area is 120 Å². The van der Waals surface area contributed by atoms with E-state index in [1.165, 1.54) is 7.11 Å². The topological polar surface area (TPSA) is 71.1 Å².